The molecule has 3 unspecified atom stereocenters. The molecule has 1 aliphatic carbocycles. The molecule has 7 nitrogen and oxygen atoms in total. The summed E-state index contributed by atoms with van der Waals surface area (Å²) in [6.45, 7) is 13.2. The number of hydrogen-bond donors (Lipinski definition) is 2. The van der Waals surface area contributed by atoms with E-state index in [0.29, 0.717) is 6.42 Å². The van der Waals surface area contributed by atoms with Crippen molar-refractivity contribution in [1.29, 1.82) is 0 Å². The first-order valence-corrected chi connectivity index (χ1v) is 13.7. The van der Waals surface area contributed by atoms with E-state index >= 15 is 0 Å². The van der Waals surface area contributed by atoms with Crippen molar-refractivity contribution in [3.8, 4) is 0 Å². The second-order valence-corrected chi connectivity index (χ2v) is 11.4. The highest BCUT2D eigenvalue weighted by atomic mass is 16.6. The van der Waals surface area contributed by atoms with E-state index in [-0.39, 0.29) is 23.8 Å². The molecule has 3 atom stereocenters. The Morgan fingerprint density at radius 3 is 2.11 bits per heavy atom. The summed E-state index contributed by atoms with van der Waals surface area (Å²) in [7, 11) is 0. The third kappa shape index (κ3) is 7.15. The van der Waals surface area contributed by atoms with Crippen molar-refractivity contribution in [2.45, 2.75) is 97.9 Å². The van der Waals surface area contributed by atoms with Crippen LogP contribution in [-0.2, 0) is 14.3 Å². The van der Waals surface area contributed by atoms with Crippen LogP contribution in [0.15, 0.2) is 48.5 Å². The number of rotatable bonds is 9. The maximum Gasteiger partial charge on any atom is 0.408 e. The molecule has 0 aromatic heterocycles. The molecular formula is C31H43N3O4. The molecule has 0 saturated heterocycles. The van der Waals surface area contributed by atoms with Crippen LogP contribution in [0.1, 0.15) is 83.0 Å². The Kier molecular flexibility index (Phi) is 9.58. The lowest BCUT2D eigenvalue weighted by Crippen LogP contribution is -2.58. The van der Waals surface area contributed by atoms with Gasteiger partial charge in [0.1, 0.15) is 17.7 Å². The summed E-state index contributed by atoms with van der Waals surface area (Å²) in [5.41, 5.74) is 2.70. The molecule has 7 heteroatoms. The van der Waals surface area contributed by atoms with Gasteiger partial charge in [-0.3, -0.25) is 9.59 Å². The summed E-state index contributed by atoms with van der Waals surface area (Å²) in [6, 6.07) is 13.5. The van der Waals surface area contributed by atoms with Crippen molar-refractivity contribution in [3.05, 3.63) is 65.2 Å². The lowest BCUT2D eigenvalue weighted by atomic mass is 9.86. The van der Waals surface area contributed by atoms with E-state index < -0.39 is 23.8 Å². The molecule has 1 fully saturated rings. The average Bonchev–Trinajstić information content (AvgIpc) is 2.82. The highest BCUT2D eigenvalue weighted by Crippen LogP contribution is 2.35. The van der Waals surface area contributed by atoms with Gasteiger partial charge >= 0.3 is 6.09 Å². The Bertz CT molecular complexity index is 1100. The van der Waals surface area contributed by atoms with Crippen LogP contribution >= 0.6 is 0 Å². The smallest absolute Gasteiger partial charge is 0.408 e. The number of hydrogen-bond acceptors (Lipinski definition) is 4. The molecule has 38 heavy (non-hydrogen) atoms. The van der Waals surface area contributed by atoms with Gasteiger partial charge in [-0.15, -0.1) is 0 Å². The van der Waals surface area contributed by atoms with Crippen LogP contribution in [0.5, 0.6) is 0 Å². The fourth-order valence-electron chi connectivity index (χ4n) is 4.74. The Balaban J connectivity index is 2.03. The van der Waals surface area contributed by atoms with E-state index in [1.807, 2.05) is 76.2 Å². The number of amides is 3. The minimum absolute atomic E-state index is 0.0941. The van der Waals surface area contributed by atoms with Gasteiger partial charge in [-0.05, 0) is 76.5 Å². The zero-order valence-corrected chi connectivity index (χ0v) is 23.8. The third-order valence-corrected chi connectivity index (χ3v) is 7.24. The van der Waals surface area contributed by atoms with Crippen LogP contribution in [-0.4, -0.2) is 40.5 Å². The Morgan fingerprint density at radius 2 is 1.61 bits per heavy atom. The normalized spacial score (nSPS) is 16.0. The van der Waals surface area contributed by atoms with Crippen molar-refractivity contribution >= 4 is 23.6 Å². The number of carbonyl (C=O) groups excluding carboxylic acids is 3. The molecule has 3 rings (SSSR count). The second-order valence-electron chi connectivity index (χ2n) is 11.4. The number of para-hydroxylation sites is 1. The second kappa shape index (κ2) is 12.5. The molecule has 1 aliphatic rings. The Morgan fingerprint density at radius 1 is 1.00 bits per heavy atom. The van der Waals surface area contributed by atoms with Crippen molar-refractivity contribution in [2.24, 2.45) is 5.92 Å². The van der Waals surface area contributed by atoms with Crippen LogP contribution in [0.3, 0.4) is 0 Å². The van der Waals surface area contributed by atoms with Crippen LogP contribution in [0.25, 0.3) is 0 Å². The first kappa shape index (κ1) is 29.2. The molecule has 2 N–H and O–H groups in total. The highest BCUT2D eigenvalue weighted by molar-refractivity contribution is 6.00. The van der Waals surface area contributed by atoms with Gasteiger partial charge in [0, 0.05) is 11.7 Å². The number of aryl methyl sites for hydroxylation is 2. The topological polar surface area (TPSA) is 87.7 Å². The van der Waals surface area contributed by atoms with Crippen LogP contribution in [0.4, 0.5) is 10.5 Å². The molecule has 0 bridgehead atoms. The highest BCUT2D eigenvalue weighted by Gasteiger charge is 2.43. The maximum absolute atomic E-state index is 14.4. The molecule has 2 aromatic carbocycles. The fraction of sp³-hybridized carbons (Fsp3) is 0.516. The number of carbonyl (C=O) groups is 3. The molecule has 0 radical (unpaired) electrons. The number of nitrogens with one attached hydrogen (secondary N) is 2. The predicted molar refractivity (Wildman–Crippen MR) is 151 cm³/mol. The largest absolute Gasteiger partial charge is 0.444 e. The zero-order chi connectivity index (χ0) is 28.0. The third-order valence-electron chi connectivity index (χ3n) is 7.24. The summed E-state index contributed by atoms with van der Waals surface area (Å²) < 4.78 is 5.49. The van der Waals surface area contributed by atoms with Crippen molar-refractivity contribution in [2.75, 3.05) is 5.32 Å². The molecule has 0 heterocycles. The van der Waals surface area contributed by atoms with Crippen molar-refractivity contribution in [3.63, 3.8) is 0 Å². The number of nitrogens with zero attached hydrogens (tertiary/aromatic N) is 1. The monoisotopic (exact) mass is 521 g/mol. The number of anilines is 1. The van der Waals surface area contributed by atoms with Gasteiger partial charge < -0.3 is 20.3 Å². The van der Waals surface area contributed by atoms with E-state index in [1.165, 1.54) is 0 Å². The molecule has 2 aromatic rings. The standard InChI is InChI=1S/C31H43N3O4/c1-8-20(2)26(33-30(37)38-31(5,6)7)29(36)34(24-18-13-19-24)27(23-16-10-9-11-17-23)28(35)32-25-21(3)14-12-15-22(25)4/h9-12,14-17,20,24,26-27H,8,13,18-19H2,1-7H3,(H,32,35)(H,33,37). The summed E-state index contributed by atoms with van der Waals surface area (Å²) in [5, 5.41) is 5.96. The van der Waals surface area contributed by atoms with E-state index in [0.717, 1.165) is 41.6 Å². The van der Waals surface area contributed by atoms with Gasteiger partial charge in [-0.1, -0.05) is 68.8 Å². The summed E-state index contributed by atoms with van der Waals surface area (Å²) in [5.74, 6) is -0.690. The van der Waals surface area contributed by atoms with Gasteiger partial charge in [0.25, 0.3) is 5.91 Å². The molecule has 206 valence electrons. The van der Waals surface area contributed by atoms with Crippen LogP contribution in [0.2, 0.25) is 0 Å². The Hall–Kier alpha value is -3.35. The first-order valence-electron chi connectivity index (χ1n) is 13.7. The van der Waals surface area contributed by atoms with Crippen molar-refractivity contribution < 1.29 is 19.1 Å². The lowest BCUT2D eigenvalue weighted by molar-refractivity contribution is -0.147. The molecule has 0 spiro atoms. The first-order chi connectivity index (χ1) is 17.9. The van der Waals surface area contributed by atoms with Crippen LogP contribution < -0.4 is 10.6 Å². The minimum Gasteiger partial charge on any atom is -0.444 e. The minimum atomic E-state index is -0.847. The fourth-order valence-corrected chi connectivity index (χ4v) is 4.74. The van der Waals surface area contributed by atoms with Gasteiger partial charge in [-0.2, -0.15) is 0 Å². The van der Waals surface area contributed by atoms with Crippen molar-refractivity contribution in [1.82, 2.24) is 10.2 Å². The van der Waals surface area contributed by atoms with Gasteiger partial charge in [0.2, 0.25) is 5.91 Å². The van der Waals surface area contributed by atoms with E-state index in [9.17, 15) is 14.4 Å². The summed E-state index contributed by atoms with van der Waals surface area (Å²) >= 11 is 0. The molecule has 3 amide bonds. The summed E-state index contributed by atoms with van der Waals surface area (Å²) in [4.78, 5) is 42.9. The number of ether oxygens (including phenoxy) is 1. The average molecular weight is 522 g/mol. The SMILES string of the molecule is CCC(C)C(NC(=O)OC(C)(C)C)C(=O)N(C1CCC1)C(C(=O)Nc1c(C)cccc1C)c1ccccc1. The van der Waals surface area contributed by atoms with E-state index in [4.69, 9.17) is 4.74 Å². The Labute approximate surface area is 227 Å². The van der Waals surface area contributed by atoms with Crippen LogP contribution in [0, 0.1) is 19.8 Å². The molecule has 0 aliphatic heterocycles. The number of alkyl carbamates (subject to hydrolysis) is 1. The van der Waals surface area contributed by atoms with Gasteiger partial charge in [0.15, 0.2) is 0 Å². The summed E-state index contributed by atoms with van der Waals surface area (Å²) in [6.07, 6.45) is 2.65. The zero-order valence-electron chi connectivity index (χ0n) is 23.8. The maximum atomic E-state index is 14.4. The van der Waals surface area contributed by atoms with Gasteiger partial charge in [-0.25, -0.2) is 4.79 Å². The van der Waals surface area contributed by atoms with Gasteiger partial charge in [0.05, 0.1) is 0 Å². The predicted octanol–water partition coefficient (Wildman–Crippen LogP) is 6.30. The van der Waals surface area contributed by atoms with E-state index in [1.54, 1.807) is 25.7 Å². The molecular weight excluding hydrogens is 478 g/mol. The number of benzene rings is 2. The lowest BCUT2D eigenvalue weighted by Gasteiger charge is -2.44. The van der Waals surface area contributed by atoms with E-state index in [2.05, 4.69) is 10.6 Å². The molecule has 1 saturated carbocycles. The quantitative estimate of drug-likeness (QED) is 0.405.